The SMILES string of the molecule is CN(Cc1csc(-c2ccccc2)n1)CC1CNCCO1. The van der Waals surface area contributed by atoms with E-state index in [4.69, 9.17) is 9.72 Å². The van der Waals surface area contributed by atoms with Crippen LogP contribution >= 0.6 is 11.3 Å². The molecule has 0 saturated carbocycles. The van der Waals surface area contributed by atoms with Crippen molar-refractivity contribution in [3.05, 3.63) is 41.4 Å². The van der Waals surface area contributed by atoms with Crippen molar-refractivity contribution >= 4 is 11.3 Å². The molecule has 0 radical (unpaired) electrons. The van der Waals surface area contributed by atoms with Crippen molar-refractivity contribution in [1.82, 2.24) is 15.2 Å². The van der Waals surface area contributed by atoms with Gasteiger partial charge in [0, 0.05) is 37.1 Å². The molecule has 0 amide bonds. The summed E-state index contributed by atoms with van der Waals surface area (Å²) in [6.07, 6.45) is 0.288. The molecule has 1 fully saturated rings. The third kappa shape index (κ3) is 4.11. The topological polar surface area (TPSA) is 37.4 Å². The van der Waals surface area contributed by atoms with E-state index in [-0.39, 0.29) is 6.10 Å². The normalized spacial score (nSPS) is 19.0. The molecule has 1 aromatic heterocycles. The molecule has 112 valence electrons. The van der Waals surface area contributed by atoms with Crippen LogP contribution in [0.15, 0.2) is 35.7 Å². The van der Waals surface area contributed by atoms with Gasteiger partial charge < -0.3 is 10.1 Å². The lowest BCUT2D eigenvalue weighted by atomic mass is 10.2. The number of benzene rings is 1. The van der Waals surface area contributed by atoms with Crippen LogP contribution in [0.3, 0.4) is 0 Å². The van der Waals surface area contributed by atoms with E-state index in [1.807, 2.05) is 6.07 Å². The van der Waals surface area contributed by atoms with Crippen molar-refractivity contribution in [2.75, 3.05) is 33.3 Å². The van der Waals surface area contributed by atoms with Gasteiger partial charge in [0.05, 0.1) is 18.4 Å². The minimum Gasteiger partial charge on any atom is -0.374 e. The number of likely N-dealkylation sites (N-methyl/N-ethyl adjacent to an activating group) is 1. The molecule has 0 bridgehead atoms. The number of ether oxygens (including phenoxy) is 1. The number of thiazole rings is 1. The maximum absolute atomic E-state index is 5.74. The Hall–Kier alpha value is -1.27. The summed E-state index contributed by atoms with van der Waals surface area (Å²) in [6.45, 7) is 4.52. The van der Waals surface area contributed by atoms with Crippen LogP contribution in [0.4, 0.5) is 0 Å². The van der Waals surface area contributed by atoms with Gasteiger partial charge in [0.1, 0.15) is 5.01 Å². The number of rotatable bonds is 5. The fraction of sp³-hybridized carbons (Fsp3) is 0.438. The van der Waals surface area contributed by atoms with E-state index in [0.29, 0.717) is 0 Å². The number of nitrogens with one attached hydrogen (secondary N) is 1. The van der Waals surface area contributed by atoms with Gasteiger partial charge in [-0.15, -0.1) is 11.3 Å². The van der Waals surface area contributed by atoms with Crippen LogP contribution in [-0.2, 0) is 11.3 Å². The van der Waals surface area contributed by atoms with Gasteiger partial charge in [-0.1, -0.05) is 30.3 Å². The Morgan fingerprint density at radius 1 is 1.38 bits per heavy atom. The number of morpholine rings is 1. The Balaban J connectivity index is 1.56. The molecule has 1 aliphatic rings. The van der Waals surface area contributed by atoms with Crippen molar-refractivity contribution in [3.63, 3.8) is 0 Å². The van der Waals surface area contributed by atoms with Crippen molar-refractivity contribution in [1.29, 1.82) is 0 Å². The summed E-state index contributed by atoms with van der Waals surface area (Å²) in [4.78, 5) is 7.01. The fourth-order valence-electron chi connectivity index (χ4n) is 2.52. The average molecular weight is 303 g/mol. The largest absolute Gasteiger partial charge is 0.374 e. The quantitative estimate of drug-likeness (QED) is 0.919. The molecule has 1 atom stereocenters. The molecule has 1 aromatic carbocycles. The van der Waals surface area contributed by atoms with Gasteiger partial charge in [0.15, 0.2) is 0 Å². The molecule has 2 aromatic rings. The minimum atomic E-state index is 0.288. The van der Waals surface area contributed by atoms with E-state index in [9.17, 15) is 0 Å². The first-order chi connectivity index (χ1) is 10.3. The van der Waals surface area contributed by atoms with E-state index in [1.165, 1.54) is 5.56 Å². The lowest BCUT2D eigenvalue weighted by Crippen LogP contribution is -2.44. The Kier molecular flexibility index (Phi) is 4.98. The number of hydrogen-bond donors (Lipinski definition) is 1. The molecule has 5 heteroatoms. The third-order valence-corrected chi connectivity index (χ3v) is 4.46. The predicted molar refractivity (Wildman–Crippen MR) is 86.5 cm³/mol. The van der Waals surface area contributed by atoms with Crippen molar-refractivity contribution in [2.45, 2.75) is 12.6 Å². The Labute approximate surface area is 129 Å². The molecular formula is C16H21N3OS. The van der Waals surface area contributed by atoms with Gasteiger partial charge in [-0.05, 0) is 7.05 Å². The molecule has 1 saturated heterocycles. The molecule has 21 heavy (non-hydrogen) atoms. The van der Waals surface area contributed by atoms with Crippen molar-refractivity contribution in [2.24, 2.45) is 0 Å². The summed E-state index contributed by atoms with van der Waals surface area (Å²) >= 11 is 1.71. The highest BCUT2D eigenvalue weighted by atomic mass is 32.1. The summed E-state index contributed by atoms with van der Waals surface area (Å²) < 4.78 is 5.74. The number of nitrogens with zero attached hydrogens (tertiary/aromatic N) is 2. The van der Waals surface area contributed by atoms with Crippen LogP contribution in [-0.4, -0.2) is 49.3 Å². The molecule has 0 aliphatic carbocycles. The summed E-state index contributed by atoms with van der Waals surface area (Å²) in [6, 6.07) is 10.3. The predicted octanol–water partition coefficient (Wildman–Crippen LogP) is 2.23. The molecule has 2 heterocycles. The van der Waals surface area contributed by atoms with E-state index >= 15 is 0 Å². The fourth-order valence-corrected chi connectivity index (χ4v) is 3.34. The molecular weight excluding hydrogens is 282 g/mol. The lowest BCUT2D eigenvalue weighted by molar-refractivity contribution is 0.00871. The standard InChI is InChI=1S/C16H21N3OS/c1-19(11-15-9-17-7-8-20-15)10-14-12-21-16(18-14)13-5-3-2-4-6-13/h2-6,12,15,17H,7-11H2,1H3. The van der Waals surface area contributed by atoms with E-state index in [2.05, 4.69) is 46.9 Å². The Morgan fingerprint density at radius 2 is 2.24 bits per heavy atom. The van der Waals surface area contributed by atoms with Gasteiger partial charge in [-0.25, -0.2) is 4.98 Å². The van der Waals surface area contributed by atoms with Gasteiger partial charge >= 0.3 is 0 Å². The Morgan fingerprint density at radius 3 is 3.00 bits per heavy atom. The smallest absolute Gasteiger partial charge is 0.123 e. The van der Waals surface area contributed by atoms with Crippen LogP contribution in [0.25, 0.3) is 10.6 Å². The molecule has 1 N–H and O–H groups in total. The van der Waals surface area contributed by atoms with Crippen LogP contribution in [0.2, 0.25) is 0 Å². The monoisotopic (exact) mass is 303 g/mol. The third-order valence-electron chi connectivity index (χ3n) is 3.52. The zero-order valence-corrected chi connectivity index (χ0v) is 13.1. The lowest BCUT2D eigenvalue weighted by Gasteiger charge is -2.27. The second kappa shape index (κ2) is 7.13. The number of aromatic nitrogens is 1. The van der Waals surface area contributed by atoms with E-state index in [1.54, 1.807) is 11.3 Å². The highest BCUT2D eigenvalue weighted by Gasteiger charge is 2.16. The van der Waals surface area contributed by atoms with Crippen LogP contribution < -0.4 is 5.32 Å². The van der Waals surface area contributed by atoms with Gasteiger partial charge in [-0.2, -0.15) is 0 Å². The summed E-state index contributed by atoms with van der Waals surface area (Å²) in [7, 11) is 2.12. The Bertz CT molecular complexity index is 552. The maximum Gasteiger partial charge on any atom is 0.123 e. The van der Waals surface area contributed by atoms with Gasteiger partial charge in [0.25, 0.3) is 0 Å². The maximum atomic E-state index is 5.74. The zero-order chi connectivity index (χ0) is 14.5. The summed E-state index contributed by atoms with van der Waals surface area (Å²) in [5.74, 6) is 0. The summed E-state index contributed by atoms with van der Waals surface area (Å²) in [5.41, 5.74) is 2.32. The van der Waals surface area contributed by atoms with Crippen molar-refractivity contribution < 1.29 is 4.74 Å². The first-order valence-corrected chi connectivity index (χ1v) is 8.20. The zero-order valence-electron chi connectivity index (χ0n) is 12.3. The number of hydrogen-bond acceptors (Lipinski definition) is 5. The van der Waals surface area contributed by atoms with Crippen LogP contribution in [0, 0.1) is 0 Å². The van der Waals surface area contributed by atoms with Gasteiger partial charge in [0.2, 0.25) is 0 Å². The first-order valence-electron chi connectivity index (χ1n) is 7.32. The van der Waals surface area contributed by atoms with Gasteiger partial charge in [-0.3, -0.25) is 4.90 Å². The highest BCUT2D eigenvalue weighted by Crippen LogP contribution is 2.23. The molecule has 3 rings (SSSR count). The summed E-state index contributed by atoms with van der Waals surface area (Å²) in [5, 5.41) is 6.61. The van der Waals surface area contributed by atoms with Crippen LogP contribution in [0.5, 0.6) is 0 Å². The average Bonchev–Trinajstić information content (AvgIpc) is 2.97. The molecule has 1 unspecified atom stereocenters. The van der Waals surface area contributed by atoms with E-state index in [0.717, 1.165) is 43.5 Å². The molecule has 0 spiro atoms. The van der Waals surface area contributed by atoms with E-state index < -0.39 is 0 Å². The van der Waals surface area contributed by atoms with Crippen molar-refractivity contribution in [3.8, 4) is 10.6 Å². The van der Waals surface area contributed by atoms with Crippen LogP contribution in [0.1, 0.15) is 5.69 Å². The first kappa shape index (κ1) is 14.7. The second-order valence-electron chi connectivity index (χ2n) is 5.40. The molecule has 1 aliphatic heterocycles. The second-order valence-corrected chi connectivity index (χ2v) is 6.26. The molecule has 4 nitrogen and oxygen atoms in total. The minimum absolute atomic E-state index is 0.288. The highest BCUT2D eigenvalue weighted by molar-refractivity contribution is 7.13.